The highest BCUT2D eigenvalue weighted by Crippen LogP contribution is 2.56. The highest BCUT2D eigenvalue weighted by Gasteiger charge is 2.44. The summed E-state index contributed by atoms with van der Waals surface area (Å²) in [7, 11) is -1.73. The van der Waals surface area contributed by atoms with Crippen molar-refractivity contribution in [1.82, 2.24) is 0 Å². The van der Waals surface area contributed by atoms with Crippen LogP contribution in [0.1, 0.15) is 88.0 Å². The van der Waals surface area contributed by atoms with E-state index in [1.54, 1.807) is 0 Å². The van der Waals surface area contributed by atoms with Gasteiger partial charge in [-0.1, -0.05) is 107 Å². The Kier molecular flexibility index (Phi) is 12.5. The van der Waals surface area contributed by atoms with Gasteiger partial charge in [0.25, 0.3) is 0 Å². The van der Waals surface area contributed by atoms with Crippen molar-refractivity contribution in [2.24, 2.45) is 0 Å². The van der Waals surface area contributed by atoms with E-state index in [2.05, 4.69) is 97.1 Å². The van der Waals surface area contributed by atoms with Gasteiger partial charge >= 0.3 is 0 Å². The smallest absolute Gasteiger partial charge is 0.126 e. The number of allylic oxidation sites excluding steroid dienone is 1. The molecule has 4 aromatic rings. The summed E-state index contributed by atoms with van der Waals surface area (Å²) < 4.78 is 0. The van der Waals surface area contributed by atoms with E-state index in [1.165, 1.54) is 54.2 Å². The molecule has 0 saturated heterocycles. The fourth-order valence-electron chi connectivity index (χ4n) is 6.60. The molecule has 0 aliphatic rings. The molecule has 0 spiro atoms. The molecule has 2 nitrogen and oxygen atoms in total. The van der Waals surface area contributed by atoms with Crippen molar-refractivity contribution in [2.45, 2.75) is 85.0 Å². The SMILES string of the molecule is CCc1c(O)c(CC)c(CC)c(O)c1C=CCCCCCCCC[P+](c1ccccc1)(c1ccccc1)c1ccccc1. The number of aromatic hydroxyl groups is 2. The Morgan fingerprint density at radius 1 is 0.512 bits per heavy atom. The minimum absolute atomic E-state index is 0.352. The summed E-state index contributed by atoms with van der Waals surface area (Å²) in [6, 6.07) is 33.6. The Morgan fingerprint density at radius 3 is 1.40 bits per heavy atom. The first kappa shape index (κ1) is 32.6. The van der Waals surface area contributed by atoms with Crippen LogP contribution in [0.25, 0.3) is 6.08 Å². The lowest BCUT2D eigenvalue weighted by Gasteiger charge is -2.27. The quantitative estimate of drug-likeness (QED) is 0.0772. The zero-order valence-corrected chi connectivity index (χ0v) is 27.3. The lowest BCUT2D eigenvalue weighted by Crippen LogP contribution is -2.33. The molecule has 0 aliphatic carbocycles. The molecule has 3 heteroatoms. The molecular formula is C40H50O2P+. The second-order valence-electron chi connectivity index (χ2n) is 11.5. The molecule has 226 valence electrons. The predicted octanol–water partition coefficient (Wildman–Crippen LogP) is 9.52. The molecule has 43 heavy (non-hydrogen) atoms. The van der Waals surface area contributed by atoms with Crippen LogP contribution in [0.4, 0.5) is 0 Å². The van der Waals surface area contributed by atoms with Gasteiger partial charge in [-0.15, -0.1) is 0 Å². The van der Waals surface area contributed by atoms with Crippen LogP contribution in [0, 0.1) is 0 Å². The van der Waals surface area contributed by atoms with Crippen LogP contribution in [0.2, 0.25) is 0 Å². The van der Waals surface area contributed by atoms with E-state index in [1.807, 2.05) is 26.8 Å². The minimum atomic E-state index is -1.73. The molecule has 4 rings (SSSR count). The Morgan fingerprint density at radius 2 is 0.930 bits per heavy atom. The molecule has 0 radical (unpaired) electrons. The van der Waals surface area contributed by atoms with Crippen molar-refractivity contribution in [3.05, 3.63) is 119 Å². The maximum Gasteiger partial charge on any atom is 0.126 e. The maximum absolute atomic E-state index is 11.0. The summed E-state index contributed by atoms with van der Waals surface area (Å²) in [5, 5.41) is 26.2. The van der Waals surface area contributed by atoms with Crippen LogP contribution in [-0.2, 0) is 19.3 Å². The summed E-state index contributed by atoms with van der Waals surface area (Å²) >= 11 is 0. The molecule has 0 atom stereocenters. The number of hydrogen-bond acceptors (Lipinski definition) is 2. The molecule has 4 aromatic carbocycles. The van der Waals surface area contributed by atoms with Gasteiger partial charge in [0.15, 0.2) is 0 Å². The van der Waals surface area contributed by atoms with Gasteiger partial charge in [-0.3, -0.25) is 0 Å². The number of unbranched alkanes of at least 4 members (excludes halogenated alkanes) is 6. The fourth-order valence-corrected chi connectivity index (χ4v) is 11.0. The average molecular weight is 594 g/mol. The third kappa shape index (κ3) is 7.60. The van der Waals surface area contributed by atoms with Crippen molar-refractivity contribution in [3.8, 4) is 11.5 Å². The molecular weight excluding hydrogens is 543 g/mol. The normalized spacial score (nSPS) is 11.8. The first-order valence-electron chi connectivity index (χ1n) is 16.4. The van der Waals surface area contributed by atoms with Gasteiger partial charge < -0.3 is 10.2 Å². The summed E-state index contributed by atoms with van der Waals surface area (Å²) in [6.07, 6.45) is 15.9. The van der Waals surface area contributed by atoms with Crippen LogP contribution in [-0.4, -0.2) is 16.4 Å². The van der Waals surface area contributed by atoms with Crippen LogP contribution in [0.5, 0.6) is 11.5 Å². The number of phenolic OH excluding ortho intramolecular Hbond substituents is 2. The molecule has 0 bridgehead atoms. The van der Waals surface area contributed by atoms with Gasteiger partial charge in [-0.25, -0.2) is 0 Å². The second kappa shape index (κ2) is 16.5. The van der Waals surface area contributed by atoms with Crippen LogP contribution >= 0.6 is 7.26 Å². The van der Waals surface area contributed by atoms with Crippen molar-refractivity contribution >= 4 is 29.3 Å². The van der Waals surface area contributed by atoms with Gasteiger partial charge in [0.1, 0.15) is 34.7 Å². The van der Waals surface area contributed by atoms with Gasteiger partial charge in [0.05, 0.1) is 6.16 Å². The summed E-state index contributed by atoms with van der Waals surface area (Å²) in [5.74, 6) is 0.725. The number of benzene rings is 4. The van der Waals surface area contributed by atoms with Gasteiger partial charge in [0.2, 0.25) is 0 Å². The van der Waals surface area contributed by atoms with Crippen molar-refractivity contribution in [2.75, 3.05) is 6.16 Å². The lowest BCUT2D eigenvalue weighted by molar-refractivity contribution is 0.442. The van der Waals surface area contributed by atoms with Crippen molar-refractivity contribution in [1.29, 1.82) is 0 Å². The van der Waals surface area contributed by atoms with Crippen molar-refractivity contribution < 1.29 is 10.2 Å². The molecule has 0 saturated carbocycles. The van der Waals surface area contributed by atoms with E-state index in [-0.39, 0.29) is 0 Å². The average Bonchev–Trinajstić information content (AvgIpc) is 3.06. The van der Waals surface area contributed by atoms with E-state index in [0.29, 0.717) is 17.9 Å². The standard InChI is InChI=1S/C40H49O2P/c1-4-35-36(5-2)40(42)38(37(6-3)39(35)41)30-22-11-9-7-8-10-12-23-31-43(32-24-16-13-17-25-32,33-26-18-14-19-27-33)34-28-20-15-21-29-34/h13-22,24-30H,4-12,23,31H2,1-3H3,(H-,41,42)/p+1. The summed E-state index contributed by atoms with van der Waals surface area (Å²) in [5.41, 5.74) is 3.44. The fraction of sp³-hybridized carbons (Fsp3) is 0.350. The summed E-state index contributed by atoms with van der Waals surface area (Å²) in [6.45, 7) is 6.12. The first-order chi connectivity index (χ1) is 21.1. The predicted molar refractivity (Wildman–Crippen MR) is 189 cm³/mol. The first-order valence-corrected chi connectivity index (χ1v) is 18.4. The highest BCUT2D eigenvalue weighted by molar-refractivity contribution is 7.95. The minimum Gasteiger partial charge on any atom is -0.507 e. The highest BCUT2D eigenvalue weighted by atomic mass is 31.2. The third-order valence-corrected chi connectivity index (χ3v) is 13.4. The van der Waals surface area contributed by atoms with E-state index < -0.39 is 7.26 Å². The Hall–Kier alpha value is -3.35. The number of rotatable bonds is 16. The van der Waals surface area contributed by atoms with Crippen LogP contribution in [0.15, 0.2) is 97.1 Å². The van der Waals surface area contributed by atoms with Gasteiger partial charge in [-0.05, 0) is 81.3 Å². The van der Waals surface area contributed by atoms with Crippen molar-refractivity contribution in [3.63, 3.8) is 0 Å². The zero-order valence-electron chi connectivity index (χ0n) is 26.4. The molecule has 0 unspecified atom stereocenters. The lowest BCUT2D eigenvalue weighted by atomic mass is 9.91. The Labute approximate surface area is 260 Å². The zero-order chi connectivity index (χ0) is 30.5. The molecule has 0 amide bonds. The van der Waals surface area contributed by atoms with E-state index in [0.717, 1.165) is 47.9 Å². The van der Waals surface area contributed by atoms with Crippen LogP contribution in [0.3, 0.4) is 0 Å². The Bertz CT molecular complexity index is 1330. The topological polar surface area (TPSA) is 40.5 Å². The second-order valence-corrected chi connectivity index (χ2v) is 15.1. The number of phenols is 2. The largest absolute Gasteiger partial charge is 0.507 e. The van der Waals surface area contributed by atoms with E-state index in [9.17, 15) is 10.2 Å². The molecule has 0 heterocycles. The molecule has 0 aliphatic heterocycles. The monoisotopic (exact) mass is 593 g/mol. The van der Waals surface area contributed by atoms with E-state index >= 15 is 0 Å². The maximum atomic E-state index is 11.0. The van der Waals surface area contributed by atoms with Crippen LogP contribution < -0.4 is 15.9 Å². The Balaban J connectivity index is 1.33. The molecule has 2 N–H and O–H groups in total. The molecule has 0 fully saturated rings. The number of hydrogen-bond donors (Lipinski definition) is 2. The third-order valence-electron chi connectivity index (χ3n) is 8.85. The summed E-state index contributed by atoms with van der Waals surface area (Å²) in [4.78, 5) is 0. The van der Waals surface area contributed by atoms with Gasteiger partial charge in [0, 0.05) is 22.3 Å². The van der Waals surface area contributed by atoms with E-state index in [4.69, 9.17) is 0 Å². The van der Waals surface area contributed by atoms with Gasteiger partial charge in [-0.2, -0.15) is 0 Å². The molecule has 0 aromatic heterocycles.